The van der Waals surface area contributed by atoms with Gasteiger partial charge in [0.05, 0.1) is 0 Å². The van der Waals surface area contributed by atoms with Gasteiger partial charge < -0.3 is 9.84 Å². The zero-order chi connectivity index (χ0) is 15.6. The van der Waals surface area contributed by atoms with Gasteiger partial charge in [-0.15, -0.1) is 0 Å². The molecule has 3 atom stereocenters. The number of rotatable bonds is 2. The van der Waals surface area contributed by atoms with Crippen LogP contribution in [0.15, 0.2) is 0 Å². The van der Waals surface area contributed by atoms with Crippen molar-refractivity contribution < 1.29 is 27.8 Å². The molecule has 3 unspecified atom stereocenters. The van der Waals surface area contributed by atoms with Crippen LogP contribution in [0.1, 0.15) is 46.0 Å². The van der Waals surface area contributed by atoms with Gasteiger partial charge in [-0.3, -0.25) is 4.79 Å². The van der Waals surface area contributed by atoms with Gasteiger partial charge in [0.15, 0.2) is 5.41 Å². The third-order valence-electron chi connectivity index (χ3n) is 5.63. The Labute approximate surface area is 121 Å². The minimum absolute atomic E-state index is 0.00855. The minimum Gasteiger partial charge on any atom is -0.458 e. The first kappa shape index (κ1) is 15.1. The Morgan fingerprint density at radius 1 is 1.14 bits per heavy atom. The molecule has 1 N–H and O–H groups in total. The fourth-order valence-electron chi connectivity index (χ4n) is 4.54. The van der Waals surface area contributed by atoms with E-state index < -0.39 is 29.3 Å². The van der Waals surface area contributed by atoms with Crippen LogP contribution >= 0.6 is 0 Å². The Kier molecular flexibility index (Phi) is 3.15. The maximum Gasteiger partial charge on any atom is 0.404 e. The second-order valence-electron chi connectivity index (χ2n) is 7.66. The van der Waals surface area contributed by atoms with Crippen molar-refractivity contribution in [2.24, 2.45) is 23.2 Å². The molecule has 4 aliphatic carbocycles. The van der Waals surface area contributed by atoms with Gasteiger partial charge in [0.2, 0.25) is 0 Å². The third-order valence-corrected chi connectivity index (χ3v) is 5.63. The van der Waals surface area contributed by atoms with Crippen LogP contribution in [-0.2, 0) is 9.53 Å². The lowest BCUT2D eigenvalue weighted by Crippen LogP contribution is -2.62. The van der Waals surface area contributed by atoms with Crippen molar-refractivity contribution in [3.63, 3.8) is 0 Å². The molecule has 4 fully saturated rings. The summed E-state index contributed by atoms with van der Waals surface area (Å²) >= 11 is 0. The summed E-state index contributed by atoms with van der Waals surface area (Å²) in [4.78, 5) is 12.0. The van der Waals surface area contributed by atoms with Crippen LogP contribution in [0, 0.1) is 23.2 Å². The number of aliphatic hydroxyl groups is 1. The van der Waals surface area contributed by atoms with Crippen LogP contribution in [0.2, 0.25) is 0 Å². The molecule has 0 aliphatic heterocycles. The van der Waals surface area contributed by atoms with Crippen LogP contribution in [0.5, 0.6) is 0 Å². The van der Waals surface area contributed by atoms with Crippen LogP contribution in [-0.4, -0.2) is 29.0 Å². The molecule has 3 nitrogen and oxygen atoms in total. The highest BCUT2D eigenvalue weighted by Gasteiger charge is 2.61. The second-order valence-corrected chi connectivity index (χ2v) is 7.66. The van der Waals surface area contributed by atoms with Gasteiger partial charge in [-0.1, -0.05) is 0 Å². The van der Waals surface area contributed by atoms with Gasteiger partial charge in [0, 0.05) is 0 Å². The molecule has 0 amide bonds. The first-order chi connectivity index (χ1) is 9.53. The largest absolute Gasteiger partial charge is 0.458 e. The van der Waals surface area contributed by atoms with E-state index >= 15 is 0 Å². The SMILES string of the molecule is CC(C)(C(=O)OC1C2CC3CC(C2)CC1(O)C3)C(F)(F)F. The lowest BCUT2D eigenvalue weighted by Gasteiger charge is -2.58. The van der Waals surface area contributed by atoms with Crippen molar-refractivity contribution in [1.82, 2.24) is 0 Å². The molecule has 0 spiro atoms. The van der Waals surface area contributed by atoms with Gasteiger partial charge in [0.1, 0.15) is 11.7 Å². The van der Waals surface area contributed by atoms with Gasteiger partial charge in [0.25, 0.3) is 0 Å². The molecular formula is C15H21F3O3. The van der Waals surface area contributed by atoms with Crippen LogP contribution < -0.4 is 0 Å². The maximum absolute atomic E-state index is 12.9. The maximum atomic E-state index is 12.9. The fraction of sp³-hybridized carbons (Fsp3) is 0.933. The Morgan fingerprint density at radius 3 is 2.10 bits per heavy atom. The van der Waals surface area contributed by atoms with Crippen LogP contribution in [0.4, 0.5) is 13.2 Å². The van der Waals surface area contributed by atoms with Gasteiger partial charge in [-0.2, -0.15) is 13.2 Å². The number of halogens is 3. The Hall–Kier alpha value is -0.780. The van der Waals surface area contributed by atoms with Crippen LogP contribution in [0.3, 0.4) is 0 Å². The molecule has 120 valence electrons. The highest BCUT2D eigenvalue weighted by Crippen LogP contribution is 2.57. The van der Waals surface area contributed by atoms with E-state index in [1.165, 1.54) is 0 Å². The highest BCUT2D eigenvalue weighted by atomic mass is 19.4. The smallest absolute Gasteiger partial charge is 0.404 e. The normalized spacial score (nSPS) is 42.2. The molecule has 4 bridgehead atoms. The molecule has 0 saturated heterocycles. The van der Waals surface area contributed by atoms with Crippen molar-refractivity contribution in [2.75, 3.05) is 0 Å². The number of carbonyl (C=O) groups excluding carboxylic acids is 1. The number of hydrogen-bond acceptors (Lipinski definition) is 3. The van der Waals surface area contributed by atoms with E-state index in [-0.39, 0.29) is 5.92 Å². The van der Waals surface area contributed by atoms with Crippen molar-refractivity contribution in [1.29, 1.82) is 0 Å². The molecule has 0 heterocycles. The molecule has 4 aliphatic rings. The second kappa shape index (κ2) is 4.37. The van der Waals surface area contributed by atoms with Crippen molar-refractivity contribution >= 4 is 5.97 Å². The Bertz CT molecular complexity index is 444. The summed E-state index contributed by atoms with van der Waals surface area (Å²) in [7, 11) is 0. The lowest BCUT2D eigenvalue weighted by molar-refractivity contribution is -0.253. The molecule has 0 aromatic rings. The zero-order valence-corrected chi connectivity index (χ0v) is 12.2. The average Bonchev–Trinajstić information content (AvgIpc) is 2.30. The average molecular weight is 306 g/mol. The summed E-state index contributed by atoms with van der Waals surface area (Å²) in [5.41, 5.74) is -3.66. The number of esters is 1. The van der Waals surface area contributed by atoms with E-state index in [9.17, 15) is 23.1 Å². The monoisotopic (exact) mass is 306 g/mol. The molecule has 6 heteroatoms. The fourth-order valence-corrected chi connectivity index (χ4v) is 4.54. The molecular weight excluding hydrogens is 285 g/mol. The number of hydrogen-bond donors (Lipinski definition) is 1. The number of carbonyl (C=O) groups is 1. The summed E-state index contributed by atoms with van der Waals surface area (Å²) < 4.78 is 44.0. The summed E-state index contributed by atoms with van der Waals surface area (Å²) in [5.74, 6) is -0.411. The molecule has 0 aromatic heterocycles. The predicted molar refractivity (Wildman–Crippen MR) is 68.2 cm³/mol. The Balaban J connectivity index is 1.78. The standard InChI is InChI=1S/C15H21F3O3/c1-13(2,15(16,17)18)12(19)21-11-10-4-8-3-9(5-10)7-14(11,20)6-8/h8-11,20H,3-7H2,1-2H3. The summed E-state index contributed by atoms with van der Waals surface area (Å²) in [6, 6.07) is 0. The predicted octanol–water partition coefficient (Wildman–Crippen LogP) is 3.06. The van der Waals surface area contributed by atoms with E-state index in [0.29, 0.717) is 24.7 Å². The van der Waals surface area contributed by atoms with Gasteiger partial charge in [-0.25, -0.2) is 0 Å². The van der Waals surface area contributed by atoms with Crippen LogP contribution in [0.25, 0.3) is 0 Å². The van der Waals surface area contributed by atoms with E-state index in [2.05, 4.69) is 0 Å². The first-order valence-electron chi connectivity index (χ1n) is 7.53. The summed E-state index contributed by atoms with van der Waals surface area (Å²) in [6.45, 7) is 1.66. The van der Waals surface area contributed by atoms with E-state index in [0.717, 1.165) is 33.1 Å². The topological polar surface area (TPSA) is 46.5 Å². The van der Waals surface area contributed by atoms with Gasteiger partial charge in [-0.05, 0) is 63.7 Å². The van der Waals surface area contributed by atoms with Crippen molar-refractivity contribution in [3.05, 3.63) is 0 Å². The van der Waals surface area contributed by atoms with Crippen molar-refractivity contribution in [3.8, 4) is 0 Å². The highest BCUT2D eigenvalue weighted by molar-refractivity contribution is 5.77. The zero-order valence-electron chi connectivity index (χ0n) is 12.2. The van der Waals surface area contributed by atoms with Gasteiger partial charge >= 0.3 is 12.1 Å². The van der Waals surface area contributed by atoms with E-state index in [4.69, 9.17) is 4.74 Å². The molecule has 0 aromatic carbocycles. The molecule has 21 heavy (non-hydrogen) atoms. The van der Waals surface area contributed by atoms with E-state index in [1.807, 2.05) is 0 Å². The molecule has 4 saturated carbocycles. The number of alkyl halides is 3. The quantitative estimate of drug-likeness (QED) is 0.798. The molecule has 0 radical (unpaired) electrons. The Morgan fingerprint density at radius 2 is 1.67 bits per heavy atom. The number of ether oxygens (including phenoxy) is 1. The van der Waals surface area contributed by atoms with E-state index in [1.54, 1.807) is 0 Å². The van der Waals surface area contributed by atoms with Crippen molar-refractivity contribution in [2.45, 2.75) is 63.8 Å². The first-order valence-corrected chi connectivity index (χ1v) is 7.53. The summed E-state index contributed by atoms with van der Waals surface area (Å²) in [5, 5.41) is 10.7. The summed E-state index contributed by atoms with van der Waals surface area (Å²) in [6.07, 6.45) is -1.55. The molecule has 4 rings (SSSR count). The lowest BCUT2D eigenvalue weighted by atomic mass is 9.53. The third kappa shape index (κ3) is 2.26. The minimum atomic E-state index is -4.65.